The summed E-state index contributed by atoms with van der Waals surface area (Å²) in [6, 6.07) is -0.840. The highest BCUT2D eigenvalue weighted by molar-refractivity contribution is 7.80. The lowest BCUT2D eigenvalue weighted by atomic mass is 10.2. The maximum Gasteiger partial charge on any atom is 0.329 e. The van der Waals surface area contributed by atoms with Crippen LogP contribution < -0.4 is 0 Å². The fraction of sp³-hybridized carbons (Fsp3) is 0.750. The van der Waals surface area contributed by atoms with E-state index in [0.717, 1.165) is 0 Å². The van der Waals surface area contributed by atoms with Crippen molar-refractivity contribution in [3.63, 3.8) is 0 Å². The summed E-state index contributed by atoms with van der Waals surface area (Å²) in [5.74, 6) is -0.999. The molecule has 1 rings (SSSR count). The summed E-state index contributed by atoms with van der Waals surface area (Å²) in [6.07, 6.45) is 0.338. The maximum absolute atomic E-state index is 10.8. The summed E-state index contributed by atoms with van der Waals surface area (Å²) in [4.78, 5) is 13.0. The van der Waals surface area contributed by atoms with Crippen molar-refractivity contribution in [1.29, 1.82) is 0 Å². The number of hydrogen-bond donors (Lipinski definition) is 2. The van der Waals surface area contributed by atoms with Gasteiger partial charge in [0.15, 0.2) is 6.04 Å². The van der Waals surface area contributed by atoms with Crippen molar-refractivity contribution in [2.75, 3.05) is 6.54 Å². The third-order valence-electron chi connectivity index (χ3n) is 2.24. The molecule has 0 bridgehead atoms. The first-order chi connectivity index (χ1) is 6.07. The summed E-state index contributed by atoms with van der Waals surface area (Å²) < 4.78 is 0. The fourth-order valence-electron chi connectivity index (χ4n) is 1.56. The van der Waals surface area contributed by atoms with Gasteiger partial charge >= 0.3 is 5.97 Å². The molecule has 74 valence electrons. The van der Waals surface area contributed by atoms with E-state index >= 15 is 0 Å². The van der Waals surface area contributed by atoms with Gasteiger partial charge < -0.3 is 15.1 Å². The third-order valence-corrected chi connectivity index (χ3v) is 2.77. The topological polar surface area (TPSA) is 60.8 Å². The number of aliphatic hydroxyl groups is 1. The van der Waals surface area contributed by atoms with Crippen LogP contribution in [0.2, 0.25) is 0 Å². The highest BCUT2D eigenvalue weighted by Crippen LogP contribution is 2.19. The molecule has 4 nitrogen and oxygen atoms in total. The summed E-state index contributed by atoms with van der Waals surface area (Å²) in [5.41, 5.74) is 0. The van der Waals surface area contributed by atoms with Crippen molar-refractivity contribution in [3.05, 3.63) is 0 Å². The Morgan fingerprint density at radius 3 is 2.77 bits per heavy atom. The average Bonchev–Trinajstić information content (AvgIpc) is 2.45. The van der Waals surface area contributed by atoms with Crippen molar-refractivity contribution in [3.8, 4) is 0 Å². The Morgan fingerprint density at radius 1 is 1.69 bits per heavy atom. The first kappa shape index (κ1) is 10.4. The van der Waals surface area contributed by atoms with E-state index in [1.165, 1.54) is 0 Å². The van der Waals surface area contributed by atoms with Gasteiger partial charge in [-0.15, -0.1) is 0 Å². The minimum absolute atomic E-state index is 0.483. The van der Waals surface area contributed by atoms with Gasteiger partial charge in [0.05, 0.1) is 11.1 Å². The van der Waals surface area contributed by atoms with Crippen LogP contribution in [0.25, 0.3) is 0 Å². The van der Waals surface area contributed by atoms with E-state index in [1.54, 1.807) is 4.90 Å². The molecular formula is C8H13NO3S. The lowest BCUT2D eigenvalue weighted by molar-refractivity contribution is -0.143. The highest BCUT2D eigenvalue weighted by Gasteiger charge is 2.38. The normalized spacial score (nSPS) is 27.7. The van der Waals surface area contributed by atoms with Crippen LogP contribution in [-0.4, -0.2) is 44.8 Å². The second kappa shape index (κ2) is 4.02. The molecule has 5 heteroatoms. The van der Waals surface area contributed by atoms with Crippen molar-refractivity contribution in [2.45, 2.75) is 31.9 Å². The minimum Gasteiger partial charge on any atom is -0.480 e. The summed E-state index contributed by atoms with van der Waals surface area (Å²) >= 11 is 5.02. The van der Waals surface area contributed by atoms with Crippen molar-refractivity contribution in [1.82, 2.24) is 4.90 Å². The van der Waals surface area contributed by atoms with Gasteiger partial charge in [0, 0.05) is 6.54 Å². The molecule has 1 aliphatic rings. The molecule has 1 fully saturated rings. The molecular weight excluding hydrogens is 190 g/mol. The van der Waals surface area contributed by atoms with E-state index in [1.807, 2.05) is 6.92 Å². The van der Waals surface area contributed by atoms with Gasteiger partial charge in [-0.05, 0) is 12.8 Å². The van der Waals surface area contributed by atoms with Crippen LogP contribution >= 0.6 is 12.2 Å². The number of hydrogen-bond acceptors (Lipinski definition) is 3. The van der Waals surface area contributed by atoms with Gasteiger partial charge in [0.25, 0.3) is 0 Å². The number of thiocarbonyl (C=S) groups is 1. The zero-order valence-corrected chi connectivity index (χ0v) is 8.25. The van der Waals surface area contributed by atoms with Crippen LogP contribution in [0.4, 0.5) is 0 Å². The number of carboxylic acid groups (broad SMARTS) is 1. The Balaban J connectivity index is 2.75. The molecule has 0 aliphatic carbocycles. The first-order valence-electron chi connectivity index (χ1n) is 4.28. The summed E-state index contributed by atoms with van der Waals surface area (Å²) in [5, 5.41) is 18.2. The molecule has 0 saturated carbocycles. The van der Waals surface area contributed by atoms with Crippen LogP contribution in [0.1, 0.15) is 19.8 Å². The second-order valence-corrected chi connectivity index (χ2v) is 3.55. The molecule has 0 amide bonds. The maximum atomic E-state index is 10.8. The number of rotatable bonds is 2. The van der Waals surface area contributed by atoms with Crippen molar-refractivity contribution < 1.29 is 15.0 Å². The SMILES string of the molecule is CCC(=S)N1CCC(O)C1C(=O)O. The van der Waals surface area contributed by atoms with Crippen LogP contribution in [0, 0.1) is 0 Å². The minimum atomic E-state index is -0.999. The van der Waals surface area contributed by atoms with Crippen molar-refractivity contribution >= 4 is 23.2 Å². The van der Waals surface area contributed by atoms with E-state index in [0.29, 0.717) is 24.4 Å². The highest BCUT2D eigenvalue weighted by atomic mass is 32.1. The van der Waals surface area contributed by atoms with Gasteiger partial charge in [0.1, 0.15) is 0 Å². The molecule has 0 aromatic rings. The number of likely N-dealkylation sites (tertiary alicyclic amines) is 1. The molecule has 1 aliphatic heterocycles. The number of nitrogens with zero attached hydrogens (tertiary/aromatic N) is 1. The average molecular weight is 203 g/mol. The Morgan fingerprint density at radius 2 is 2.31 bits per heavy atom. The smallest absolute Gasteiger partial charge is 0.329 e. The van der Waals surface area contributed by atoms with Crippen LogP contribution in [0.3, 0.4) is 0 Å². The molecule has 0 radical (unpaired) electrons. The van der Waals surface area contributed by atoms with Gasteiger partial charge in [0.2, 0.25) is 0 Å². The molecule has 0 spiro atoms. The molecule has 2 unspecified atom stereocenters. The summed E-state index contributed by atoms with van der Waals surface area (Å²) in [6.45, 7) is 2.43. The summed E-state index contributed by atoms with van der Waals surface area (Å²) in [7, 11) is 0. The monoisotopic (exact) mass is 203 g/mol. The van der Waals surface area contributed by atoms with E-state index in [2.05, 4.69) is 0 Å². The Labute approximate surface area is 82.2 Å². The van der Waals surface area contributed by atoms with Gasteiger partial charge in [-0.1, -0.05) is 19.1 Å². The molecule has 1 saturated heterocycles. The molecule has 2 N–H and O–H groups in total. The van der Waals surface area contributed by atoms with Crippen molar-refractivity contribution in [2.24, 2.45) is 0 Å². The second-order valence-electron chi connectivity index (χ2n) is 3.08. The standard InChI is InChI=1S/C8H13NO3S/c1-2-6(13)9-4-3-5(10)7(9)8(11)12/h5,7,10H,2-4H2,1H3,(H,11,12). The molecule has 13 heavy (non-hydrogen) atoms. The quantitative estimate of drug-likeness (QED) is 0.630. The Bertz CT molecular complexity index is 231. The number of carboxylic acids is 1. The fourth-order valence-corrected chi connectivity index (χ4v) is 1.76. The molecule has 0 aromatic heterocycles. The van der Waals surface area contributed by atoms with Gasteiger partial charge in [-0.2, -0.15) is 0 Å². The van der Waals surface area contributed by atoms with Crippen LogP contribution in [0.5, 0.6) is 0 Å². The Kier molecular flexibility index (Phi) is 3.22. The molecule has 1 heterocycles. The van der Waals surface area contributed by atoms with Gasteiger partial charge in [-0.25, -0.2) is 4.79 Å². The first-order valence-corrected chi connectivity index (χ1v) is 4.69. The van der Waals surface area contributed by atoms with Crippen LogP contribution in [0.15, 0.2) is 0 Å². The predicted molar refractivity (Wildman–Crippen MR) is 51.6 cm³/mol. The zero-order valence-electron chi connectivity index (χ0n) is 7.43. The zero-order chi connectivity index (χ0) is 10.0. The largest absolute Gasteiger partial charge is 0.480 e. The van der Waals surface area contributed by atoms with E-state index in [-0.39, 0.29) is 0 Å². The number of aliphatic hydroxyl groups excluding tert-OH is 1. The van der Waals surface area contributed by atoms with E-state index < -0.39 is 18.1 Å². The van der Waals surface area contributed by atoms with E-state index in [9.17, 15) is 9.90 Å². The molecule has 0 aromatic carbocycles. The van der Waals surface area contributed by atoms with Crippen LogP contribution in [-0.2, 0) is 4.79 Å². The Hall–Kier alpha value is -0.680. The molecule has 2 atom stereocenters. The lowest BCUT2D eigenvalue weighted by Gasteiger charge is -2.24. The third kappa shape index (κ3) is 1.97. The number of carbonyl (C=O) groups is 1. The van der Waals surface area contributed by atoms with Gasteiger partial charge in [-0.3, -0.25) is 0 Å². The predicted octanol–water partition coefficient (Wildman–Crippen LogP) is 0.244. The lowest BCUT2D eigenvalue weighted by Crippen LogP contribution is -2.44. The van der Waals surface area contributed by atoms with E-state index in [4.69, 9.17) is 17.3 Å². The number of aliphatic carboxylic acids is 1.